The predicted octanol–water partition coefficient (Wildman–Crippen LogP) is 6.38. The van der Waals surface area contributed by atoms with E-state index in [-0.39, 0.29) is 0 Å². The highest BCUT2D eigenvalue weighted by atomic mass is 16.3. The van der Waals surface area contributed by atoms with Crippen molar-refractivity contribution in [3.05, 3.63) is 72.8 Å². The number of aryl methyl sites for hydroxylation is 1. The highest BCUT2D eigenvalue weighted by Crippen LogP contribution is 2.37. The molecule has 2 nitrogen and oxygen atoms in total. The van der Waals surface area contributed by atoms with Gasteiger partial charge in [-0.05, 0) is 41.1 Å². The van der Waals surface area contributed by atoms with Crippen molar-refractivity contribution < 1.29 is 4.42 Å². The summed E-state index contributed by atoms with van der Waals surface area (Å²) in [5.41, 5.74) is 4.40. The molecule has 0 amide bonds. The van der Waals surface area contributed by atoms with Crippen LogP contribution in [0.5, 0.6) is 0 Å². The van der Waals surface area contributed by atoms with E-state index in [1.807, 2.05) is 0 Å². The van der Waals surface area contributed by atoms with Crippen LogP contribution in [0.15, 0.2) is 77.2 Å². The molecule has 0 aliphatic carbocycles. The normalized spacial score (nSPS) is 12.2. The number of para-hydroxylation sites is 1. The topological polar surface area (TPSA) is 18.1 Å². The van der Waals surface area contributed by atoms with E-state index in [2.05, 4.69) is 84.4 Å². The van der Waals surface area contributed by atoms with E-state index in [1.54, 1.807) is 0 Å². The Balaban J connectivity index is 1.83. The summed E-state index contributed by atoms with van der Waals surface area (Å²) >= 11 is 0. The maximum atomic E-state index is 6.22. The van der Waals surface area contributed by atoms with E-state index in [0.717, 1.165) is 11.2 Å². The van der Waals surface area contributed by atoms with Crippen LogP contribution in [0, 0.1) is 0 Å². The van der Waals surface area contributed by atoms with Crippen LogP contribution in [0.2, 0.25) is 0 Å². The number of hydrogen-bond donors (Lipinski definition) is 0. The number of rotatable bonds is 0. The molecule has 0 unspecified atom stereocenters. The standard InChI is InChI=1S/C23H15NO/c1-24-20-9-5-4-8-16(20)17-13-23-19(12-21(17)24)18-10-14-6-2-3-7-15(14)11-22(18)25-23/h2-13H,1H3. The quantitative estimate of drug-likeness (QED) is 0.317. The number of aromatic nitrogens is 1. The van der Waals surface area contributed by atoms with E-state index in [0.29, 0.717) is 0 Å². The molecule has 0 spiro atoms. The summed E-state index contributed by atoms with van der Waals surface area (Å²) in [5, 5.41) is 7.33. The van der Waals surface area contributed by atoms with E-state index in [4.69, 9.17) is 4.42 Å². The molecular weight excluding hydrogens is 306 g/mol. The third kappa shape index (κ3) is 1.64. The van der Waals surface area contributed by atoms with Gasteiger partial charge in [-0.3, -0.25) is 0 Å². The zero-order valence-corrected chi connectivity index (χ0v) is 13.8. The summed E-state index contributed by atoms with van der Waals surface area (Å²) in [4.78, 5) is 0. The molecule has 0 atom stereocenters. The van der Waals surface area contributed by atoms with Gasteiger partial charge in [0.1, 0.15) is 11.2 Å². The fourth-order valence-electron chi connectivity index (χ4n) is 4.11. The van der Waals surface area contributed by atoms with Crippen LogP contribution < -0.4 is 0 Å². The number of hydrogen-bond acceptors (Lipinski definition) is 1. The van der Waals surface area contributed by atoms with Gasteiger partial charge in [0.25, 0.3) is 0 Å². The zero-order chi connectivity index (χ0) is 16.5. The average Bonchev–Trinajstić information content (AvgIpc) is 3.14. The van der Waals surface area contributed by atoms with Gasteiger partial charge in [0.05, 0.1) is 0 Å². The van der Waals surface area contributed by atoms with E-state index in [1.165, 1.54) is 43.4 Å². The lowest BCUT2D eigenvalue weighted by Crippen LogP contribution is -1.85. The van der Waals surface area contributed by atoms with E-state index >= 15 is 0 Å². The van der Waals surface area contributed by atoms with Crippen LogP contribution in [-0.4, -0.2) is 4.57 Å². The lowest BCUT2D eigenvalue weighted by molar-refractivity contribution is 0.670. The van der Waals surface area contributed by atoms with Gasteiger partial charge in [-0.15, -0.1) is 0 Å². The first-order chi connectivity index (χ1) is 12.3. The number of nitrogens with zero attached hydrogens (tertiary/aromatic N) is 1. The van der Waals surface area contributed by atoms with Gasteiger partial charge in [-0.1, -0.05) is 42.5 Å². The summed E-state index contributed by atoms with van der Waals surface area (Å²) in [5.74, 6) is 0. The number of benzene rings is 4. The first kappa shape index (κ1) is 13.1. The van der Waals surface area contributed by atoms with Gasteiger partial charge in [-0.2, -0.15) is 0 Å². The fourth-order valence-corrected chi connectivity index (χ4v) is 4.11. The molecular formula is C23H15NO. The lowest BCUT2D eigenvalue weighted by atomic mass is 10.1. The Morgan fingerprint density at radius 3 is 2.16 bits per heavy atom. The maximum absolute atomic E-state index is 6.22. The van der Waals surface area contributed by atoms with Crippen molar-refractivity contribution >= 4 is 54.5 Å². The van der Waals surface area contributed by atoms with Crippen LogP contribution in [0.3, 0.4) is 0 Å². The second-order valence-corrected chi connectivity index (χ2v) is 6.74. The smallest absolute Gasteiger partial charge is 0.136 e. The Morgan fingerprint density at radius 2 is 1.28 bits per heavy atom. The average molecular weight is 321 g/mol. The first-order valence-electron chi connectivity index (χ1n) is 8.52. The van der Waals surface area contributed by atoms with Crippen molar-refractivity contribution in [2.45, 2.75) is 0 Å². The Bertz CT molecular complexity index is 1450. The maximum Gasteiger partial charge on any atom is 0.136 e. The first-order valence-corrected chi connectivity index (χ1v) is 8.52. The SMILES string of the molecule is Cn1c2ccccc2c2cc3oc4cc5ccccc5cc4c3cc21. The van der Waals surface area contributed by atoms with Gasteiger partial charge < -0.3 is 8.98 Å². The molecule has 0 bridgehead atoms. The van der Waals surface area contributed by atoms with Crippen LogP contribution in [0.4, 0.5) is 0 Å². The second kappa shape index (κ2) is 4.42. The zero-order valence-electron chi connectivity index (χ0n) is 13.8. The molecule has 2 heterocycles. The molecule has 6 rings (SSSR count). The molecule has 0 aliphatic heterocycles. The van der Waals surface area contributed by atoms with Crippen LogP contribution in [0.1, 0.15) is 0 Å². The molecule has 2 heteroatoms. The molecule has 4 aromatic carbocycles. The molecule has 118 valence electrons. The number of furan rings is 1. The van der Waals surface area contributed by atoms with Gasteiger partial charge in [0.2, 0.25) is 0 Å². The minimum atomic E-state index is 0.952. The van der Waals surface area contributed by atoms with Crippen LogP contribution >= 0.6 is 0 Å². The largest absolute Gasteiger partial charge is 0.456 e. The van der Waals surface area contributed by atoms with Crippen molar-refractivity contribution in [1.29, 1.82) is 0 Å². The Kier molecular flexibility index (Phi) is 2.31. The molecule has 0 N–H and O–H groups in total. The monoisotopic (exact) mass is 321 g/mol. The molecule has 2 aromatic heterocycles. The third-order valence-electron chi connectivity index (χ3n) is 5.37. The second-order valence-electron chi connectivity index (χ2n) is 6.74. The molecule has 0 saturated carbocycles. The van der Waals surface area contributed by atoms with Gasteiger partial charge in [0.15, 0.2) is 0 Å². The summed E-state index contributed by atoms with van der Waals surface area (Å²) in [6.45, 7) is 0. The summed E-state index contributed by atoms with van der Waals surface area (Å²) in [6, 6.07) is 25.8. The van der Waals surface area contributed by atoms with Crippen molar-refractivity contribution in [3.8, 4) is 0 Å². The molecule has 0 radical (unpaired) electrons. The van der Waals surface area contributed by atoms with Crippen molar-refractivity contribution in [2.24, 2.45) is 7.05 Å². The van der Waals surface area contributed by atoms with Crippen molar-refractivity contribution in [1.82, 2.24) is 4.57 Å². The molecule has 0 saturated heterocycles. The van der Waals surface area contributed by atoms with Crippen LogP contribution in [0.25, 0.3) is 54.5 Å². The lowest BCUT2D eigenvalue weighted by Gasteiger charge is -1.98. The van der Waals surface area contributed by atoms with Gasteiger partial charge in [-0.25, -0.2) is 0 Å². The van der Waals surface area contributed by atoms with E-state index in [9.17, 15) is 0 Å². The molecule has 0 fully saturated rings. The van der Waals surface area contributed by atoms with Gasteiger partial charge >= 0.3 is 0 Å². The fraction of sp³-hybridized carbons (Fsp3) is 0.0435. The van der Waals surface area contributed by atoms with Crippen LogP contribution in [-0.2, 0) is 7.05 Å². The highest BCUT2D eigenvalue weighted by Gasteiger charge is 2.14. The predicted molar refractivity (Wildman–Crippen MR) is 105 cm³/mol. The Hall–Kier alpha value is -3.26. The van der Waals surface area contributed by atoms with Gasteiger partial charge in [0, 0.05) is 39.6 Å². The molecule has 25 heavy (non-hydrogen) atoms. The van der Waals surface area contributed by atoms with E-state index < -0.39 is 0 Å². The van der Waals surface area contributed by atoms with Crippen molar-refractivity contribution in [3.63, 3.8) is 0 Å². The Labute approximate surface area is 143 Å². The Morgan fingerprint density at radius 1 is 0.600 bits per heavy atom. The molecule has 6 aromatic rings. The van der Waals surface area contributed by atoms with Crippen molar-refractivity contribution in [2.75, 3.05) is 0 Å². The summed E-state index contributed by atoms with van der Waals surface area (Å²) in [6.07, 6.45) is 0. The highest BCUT2D eigenvalue weighted by molar-refractivity contribution is 6.17. The third-order valence-corrected chi connectivity index (χ3v) is 5.37. The minimum absolute atomic E-state index is 0.952. The summed E-state index contributed by atoms with van der Waals surface area (Å²) in [7, 11) is 2.13. The molecule has 0 aliphatic rings. The number of fused-ring (bicyclic) bond motifs is 7. The summed E-state index contributed by atoms with van der Waals surface area (Å²) < 4.78 is 8.49. The minimum Gasteiger partial charge on any atom is -0.456 e.